The summed E-state index contributed by atoms with van der Waals surface area (Å²) < 4.78 is 0. The van der Waals surface area contributed by atoms with Crippen molar-refractivity contribution < 1.29 is 0 Å². The number of nitrogens with one attached hydrogen (secondary N) is 1. The smallest absolute Gasteiger partial charge is 0.0125 e. The highest BCUT2D eigenvalue weighted by Gasteiger charge is 2.35. The monoisotopic (exact) mass is 279 g/mol. The Morgan fingerprint density at radius 2 is 2.05 bits per heavy atom. The Kier molecular flexibility index (Phi) is 5.00. The number of nitrogens with zero attached hydrogens (tertiary/aromatic N) is 2. The summed E-state index contributed by atoms with van der Waals surface area (Å²) >= 11 is 0. The zero-order chi connectivity index (χ0) is 13.9. The summed E-state index contributed by atoms with van der Waals surface area (Å²) in [5, 5.41) is 3.58. The van der Waals surface area contributed by atoms with Crippen LogP contribution in [-0.4, -0.2) is 60.6 Å². The molecule has 3 saturated heterocycles. The van der Waals surface area contributed by atoms with E-state index in [2.05, 4.69) is 29.0 Å². The Hall–Kier alpha value is -0.120. The topological polar surface area (TPSA) is 18.5 Å². The summed E-state index contributed by atoms with van der Waals surface area (Å²) in [7, 11) is 0. The van der Waals surface area contributed by atoms with Crippen LogP contribution in [0, 0.1) is 5.92 Å². The molecule has 0 amide bonds. The van der Waals surface area contributed by atoms with Crippen molar-refractivity contribution in [2.45, 2.75) is 70.5 Å². The quantitative estimate of drug-likeness (QED) is 0.852. The average Bonchev–Trinajstić information content (AvgIpc) is 2.93. The fourth-order valence-electron chi connectivity index (χ4n) is 4.66. The van der Waals surface area contributed by atoms with Gasteiger partial charge in [-0.25, -0.2) is 0 Å². The van der Waals surface area contributed by atoms with Crippen molar-refractivity contribution in [2.24, 2.45) is 5.92 Å². The molecule has 3 heteroatoms. The van der Waals surface area contributed by atoms with E-state index in [9.17, 15) is 0 Å². The lowest BCUT2D eigenvalue weighted by molar-refractivity contribution is 0.0521. The standard InChI is InChI=1S/C17H33N3/c1-14(2)20(13-15-5-3-8-18-12-15)17-7-10-19-9-4-6-16(19)11-17/h14-18H,3-13H2,1-2H3. The van der Waals surface area contributed by atoms with Crippen LogP contribution in [0.2, 0.25) is 0 Å². The summed E-state index contributed by atoms with van der Waals surface area (Å²) in [6.45, 7) is 11.3. The molecule has 3 atom stereocenters. The number of hydrogen-bond acceptors (Lipinski definition) is 3. The van der Waals surface area contributed by atoms with Gasteiger partial charge in [0.15, 0.2) is 0 Å². The predicted octanol–water partition coefficient (Wildman–Crippen LogP) is 2.32. The van der Waals surface area contributed by atoms with Crippen LogP contribution >= 0.6 is 0 Å². The molecule has 0 aromatic carbocycles. The first-order valence-electron chi connectivity index (χ1n) is 8.94. The van der Waals surface area contributed by atoms with Gasteiger partial charge in [0.2, 0.25) is 0 Å². The molecule has 0 saturated carbocycles. The van der Waals surface area contributed by atoms with Gasteiger partial charge in [0, 0.05) is 24.7 Å². The van der Waals surface area contributed by atoms with Gasteiger partial charge < -0.3 is 10.2 Å². The van der Waals surface area contributed by atoms with Gasteiger partial charge in [0.25, 0.3) is 0 Å². The second-order valence-corrected chi connectivity index (χ2v) is 7.51. The Morgan fingerprint density at radius 1 is 1.15 bits per heavy atom. The zero-order valence-corrected chi connectivity index (χ0v) is 13.5. The number of rotatable bonds is 4. The molecule has 3 aliphatic heterocycles. The largest absolute Gasteiger partial charge is 0.316 e. The van der Waals surface area contributed by atoms with E-state index in [4.69, 9.17) is 0 Å². The van der Waals surface area contributed by atoms with Gasteiger partial charge in [-0.15, -0.1) is 0 Å². The molecule has 116 valence electrons. The first-order chi connectivity index (χ1) is 9.74. The highest BCUT2D eigenvalue weighted by Crippen LogP contribution is 2.31. The maximum atomic E-state index is 3.58. The lowest BCUT2D eigenvalue weighted by Crippen LogP contribution is -2.52. The van der Waals surface area contributed by atoms with E-state index in [0.29, 0.717) is 6.04 Å². The minimum Gasteiger partial charge on any atom is -0.316 e. The van der Waals surface area contributed by atoms with Gasteiger partial charge in [0.05, 0.1) is 0 Å². The molecule has 0 radical (unpaired) electrons. The highest BCUT2D eigenvalue weighted by atomic mass is 15.2. The molecule has 3 heterocycles. The van der Waals surface area contributed by atoms with Gasteiger partial charge in [-0.05, 0) is 84.5 Å². The van der Waals surface area contributed by atoms with Crippen molar-refractivity contribution in [2.75, 3.05) is 32.7 Å². The normalized spacial score (nSPS) is 35.7. The lowest BCUT2D eigenvalue weighted by Gasteiger charge is -2.44. The fourth-order valence-corrected chi connectivity index (χ4v) is 4.66. The maximum absolute atomic E-state index is 3.58. The van der Waals surface area contributed by atoms with Crippen molar-refractivity contribution in [1.29, 1.82) is 0 Å². The van der Waals surface area contributed by atoms with Gasteiger partial charge in [-0.3, -0.25) is 4.90 Å². The van der Waals surface area contributed by atoms with E-state index in [-0.39, 0.29) is 0 Å². The first kappa shape index (κ1) is 14.8. The van der Waals surface area contributed by atoms with Gasteiger partial charge >= 0.3 is 0 Å². The molecule has 3 aliphatic rings. The van der Waals surface area contributed by atoms with Gasteiger partial charge in [0.1, 0.15) is 0 Å². The molecule has 3 unspecified atom stereocenters. The van der Waals surface area contributed by atoms with Crippen LogP contribution in [0.1, 0.15) is 52.4 Å². The maximum Gasteiger partial charge on any atom is 0.0125 e. The third kappa shape index (κ3) is 3.37. The van der Waals surface area contributed by atoms with Crippen molar-refractivity contribution in [3.05, 3.63) is 0 Å². The molecule has 20 heavy (non-hydrogen) atoms. The third-order valence-corrected chi connectivity index (χ3v) is 5.79. The third-order valence-electron chi connectivity index (χ3n) is 5.79. The summed E-state index contributed by atoms with van der Waals surface area (Å²) in [5.41, 5.74) is 0. The van der Waals surface area contributed by atoms with Crippen LogP contribution in [0.25, 0.3) is 0 Å². The van der Waals surface area contributed by atoms with Crippen LogP contribution in [0.15, 0.2) is 0 Å². The molecule has 0 aromatic heterocycles. The zero-order valence-electron chi connectivity index (χ0n) is 13.5. The van der Waals surface area contributed by atoms with E-state index in [1.165, 1.54) is 71.2 Å². The SMILES string of the molecule is CC(C)N(CC1CCCNC1)C1CCN2CCCC2C1. The van der Waals surface area contributed by atoms with Gasteiger partial charge in [-0.1, -0.05) is 0 Å². The van der Waals surface area contributed by atoms with Gasteiger partial charge in [-0.2, -0.15) is 0 Å². The Labute approximate surface area is 125 Å². The van der Waals surface area contributed by atoms with Crippen molar-refractivity contribution in [1.82, 2.24) is 15.1 Å². The van der Waals surface area contributed by atoms with Crippen molar-refractivity contribution in [3.8, 4) is 0 Å². The number of hydrogen-bond donors (Lipinski definition) is 1. The van der Waals surface area contributed by atoms with Crippen LogP contribution in [0.3, 0.4) is 0 Å². The summed E-state index contributed by atoms with van der Waals surface area (Å²) in [6.07, 6.45) is 8.52. The second kappa shape index (κ2) is 6.76. The summed E-state index contributed by atoms with van der Waals surface area (Å²) in [6, 6.07) is 2.45. The number of piperidine rings is 2. The van der Waals surface area contributed by atoms with E-state index in [0.717, 1.165) is 18.0 Å². The minimum atomic E-state index is 0.704. The summed E-state index contributed by atoms with van der Waals surface area (Å²) in [5.74, 6) is 0.882. The van der Waals surface area contributed by atoms with E-state index >= 15 is 0 Å². The molecule has 3 rings (SSSR count). The Morgan fingerprint density at radius 3 is 2.80 bits per heavy atom. The van der Waals surface area contributed by atoms with E-state index in [1.54, 1.807) is 0 Å². The first-order valence-corrected chi connectivity index (χ1v) is 8.94. The van der Waals surface area contributed by atoms with E-state index in [1.807, 2.05) is 0 Å². The molecule has 0 bridgehead atoms. The molecular weight excluding hydrogens is 246 g/mol. The molecule has 3 fully saturated rings. The van der Waals surface area contributed by atoms with Crippen LogP contribution < -0.4 is 5.32 Å². The Balaban J connectivity index is 1.58. The van der Waals surface area contributed by atoms with E-state index < -0.39 is 0 Å². The van der Waals surface area contributed by atoms with Crippen LogP contribution in [-0.2, 0) is 0 Å². The lowest BCUT2D eigenvalue weighted by atomic mass is 9.92. The van der Waals surface area contributed by atoms with Crippen molar-refractivity contribution in [3.63, 3.8) is 0 Å². The highest BCUT2D eigenvalue weighted by molar-refractivity contribution is 4.91. The van der Waals surface area contributed by atoms with Crippen molar-refractivity contribution >= 4 is 0 Å². The molecule has 0 spiro atoms. The molecule has 0 aromatic rings. The fraction of sp³-hybridized carbons (Fsp3) is 1.00. The average molecular weight is 279 g/mol. The Bertz CT molecular complexity index is 299. The molecule has 1 N–H and O–H groups in total. The van der Waals surface area contributed by atoms with Crippen LogP contribution in [0.4, 0.5) is 0 Å². The summed E-state index contributed by atoms with van der Waals surface area (Å²) in [4.78, 5) is 5.59. The van der Waals surface area contributed by atoms with Crippen LogP contribution in [0.5, 0.6) is 0 Å². The minimum absolute atomic E-state index is 0.704. The molecule has 3 nitrogen and oxygen atoms in total. The molecule has 0 aliphatic carbocycles. The second-order valence-electron chi connectivity index (χ2n) is 7.51. The molecular formula is C17H33N3. The predicted molar refractivity (Wildman–Crippen MR) is 85.1 cm³/mol. The number of fused-ring (bicyclic) bond motifs is 1.